The van der Waals surface area contributed by atoms with Gasteiger partial charge in [0, 0.05) is 0 Å². The normalized spacial score (nSPS) is 14.9. The summed E-state index contributed by atoms with van der Waals surface area (Å²) in [5.41, 5.74) is 0. The van der Waals surface area contributed by atoms with E-state index in [-0.39, 0.29) is 10.8 Å². The van der Waals surface area contributed by atoms with Crippen molar-refractivity contribution in [2.75, 3.05) is 0 Å². The fourth-order valence-corrected chi connectivity index (χ4v) is 1.56. The Bertz CT molecular complexity index is 424. The Morgan fingerprint density at radius 3 is 2.80 bits per heavy atom. The summed E-state index contributed by atoms with van der Waals surface area (Å²) in [5.74, 6) is 0.881. The van der Waals surface area contributed by atoms with Crippen molar-refractivity contribution < 1.29 is 9.13 Å². The molecule has 1 aliphatic carbocycles. The maximum atomic E-state index is 12.8. The highest BCUT2D eigenvalue weighted by Crippen LogP contribution is 2.27. The monoisotopic (exact) mass is 224 g/mol. The molecule has 2 rings (SSSR count). The first kappa shape index (κ1) is 10.2. The predicted molar refractivity (Wildman–Crippen MR) is 58.5 cm³/mol. The van der Waals surface area contributed by atoms with E-state index in [1.807, 2.05) is 18.2 Å². The standard InChI is InChI=1S/C12H10ClFO/c13-11-8-9(14)6-7-12(11)15-10-4-2-1-3-5-10/h2,4-8H,1,3H2. The van der Waals surface area contributed by atoms with Gasteiger partial charge in [-0.15, -0.1) is 0 Å². The first-order valence-electron chi connectivity index (χ1n) is 4.75. The third-order valence-electron chi connectivity index (χ3n) is 2.08. The molecule has 1 aliphatic rings. The molecule has 0 N–H and O–H groups in total. The Balaban J connectivity index is 2.17. The molecular formula is C12H10ClFO. The van der Waals surface area contributed by atoms with Gasteiger partial charge in [0.2, 0.25) is 0 Å². The van der Waals surface area contributed by atoms with Crippen LogP contribution in [0.25, 0.3) is 0 Å². The van der Waals surface area contributed by atoms with Crippen LogP contribution in [0, 0.1) is 5.82 Å². The molecule has 78 valence electrons. The van der Waals surface area contributed by atoms with E-state index in [1.54, 1.807) is 0 Å². The lowest BCUT2D eigenvalue weighted by molar-refractivity contribution is 0.438. The van der Waals surface area contributed by atoms with Crippen molar-refractivity contribution in [1.29, 1.82) is 0 Å². The van der Waals surface area contributed by atoms with Crippen molar-refractivity contribution in [3.05, 3.63) is 53.0 Å². The van der Waals surface area contributed by atoms with Gasteiger partial charge in [-0.25, -0.2) is 4.39 Å². The van der Waals surface area contributed by atoms with Crippen LogP contribution in [-0.2, 0) is 0 Å². The van der Waals surface area contributed by atoms with E-state index in [4.69, 9.17) is 16.3 Å². The van der Waals surface area contributed by atoms with Gasteiger partial charge in [0.25, 0.3) is 0 Å². The van der Waals surface area contributed by atoms with Crippen LogP contribution in [0.1, 0.15) is 12.8 Å². The summed E-state index contributed by atoms with van der Waals surface area (Å²) in [6, 6.07) is 4.10. The van der Waals surface area contributed by atoms with Gasteiger partial charge in [-0.2, -0.15) is 0 Å². The molecule has 0 bridgehead atoms. The fourth-order valence-electron chi connectivity index (χ4n) is 1.35. The zero-order valence-electron chi connectivity index (χ0n) is 8.04. The van der Waals surface area contributed by atoms with Crippen LogP contribution in [0.2, 0.25) is 5.02 Å². The van der Waals surface area contributed by atoms with E-state index < -0.39 is 0 Å². The van der Waals surface area contributed by atoms with Crippen LogP contribution in [0.4, 0.5) is 4.39 Å². The molecule has 0 atom stereocenters. The van der Waals surface area contributed by atoms with Crippen LogP contribution in [-0.4, -0.2) is 0 Å². The van der Waals surface area contributed by atoms with Gasteiger partial charge in [-0.05, 0) is 43.2 Å². The minimum absolute atomic E-state index is 0.287. The van der Waals surface area contributed by atoms with Gasteiger partial charge in [-0.3, -0.25) is 0 Å². The molecule has 0 fully saturated rings. The van der Waals surface area contributed by atoms with Gasteiger partial charge >= 0.3 is 0 Å². The summed E-state index contributed by atoms with van der Waals surface area (Å²) >= 11 is 5.83. The van der Waals surface area contributed by atoms with Gasteiger partial charge in [-0.1, -0.05) is 17.7 Å². The highest BCUT2D eigenvalue weighted by Gasteiger charge is 2.05. The molecule has 0 heterocycles. The maximum absolute atomic E-state index is 12.8. The Morgan fingerprint density at radius 2 is 2.13 bits per heavy atom. The molecular weight excluding hydrogens is 215 g/mol. The number of allylic oxidation sites excluding steroid dienone is 3. The van der Waals surface area contributed by atoms with Gasteiger partial charge < -0.3 is 4.74 Å². The molecule has 15 heavy (non-hydrogen) atoms. The summed E-state index contributed by atoms with van der Waals surface area (Å²) in [6.07, 6.45) is 7.91. The topological polar surface area (TPSA) is 9.23 Å². The summed E-state index contributed by atoms with van der Waals surface area (Å²) in [7, 11) is 0. The van der Waals surface area contributed by atoms with Crippen LogP contribution in [0.3, 0.4) is 0 Å². The number of benzene rings is 1. The molecule has 0 saturated heterocycles. The van der Waals surface area contributed by atoms with Crippen molar-refractivity contribution in [2.45, 2.75) is 12.8 Å². The van der Waals surface area contributed by atoms with Crippen LogP contribution >= 0.6 is 11.6 Å². The Labute approximate surface area is 92.8 Å². The maximum Gasteiger partial charge on any atom is 0.146 e. The van der Waals surface area contributed by atoms with E-state index in [0.717, 1.165) is 18.6 Å². The number of halogens is 2. The number of rotatable bonds is 2. The fraction of sp³-hybridized carbons (Fsp3) is 0.167. The highest BCUT2D eigenvalue weighted by atomic mass is 35.5. The molecule has 0 unspecified atom stereocenters. The van der Waals surface area contributed by atoms with E-state index >= 15 is 0 Å². The molecule has 1 aromatic carbocycles. The minimum Gasteiger partial charge on any atom is -0.456 e. The number of ether oxygens (including phenoxy) is 1. The average Bonchev–Trinajstić information content (AvgIpc) is 2.24. The van der Waals surface area contributed by atoms with Crippen molar-refractivity contribution in [3.8, 4) is 5.75 Å². The highest BCUT2D eigenvalue weighted by molar-refractivity contribution is 6.32. The van der Waals surface area contributed by atoms with Gasteiger partial charge in [0.05, 0.1) is 5.02 Å². The second kappa shape index (κ2) is 4.49. The second-order valence-corrected chi connectivity index (χ2v) is 3.67. The average molecular weight is 225 g/mol. The Hall–Kier alpha value is -1.28. The SMILES string of the molecule is Fc1ccc(OC2=CCCC=C2)c(Cl)c1. The molecule has 3 heteroatoms. The zero-order valence-corrected chi connectivity index (χ0v) is 8.80. The van der Waals surface area contributed by atoms with Gasteiger partial charge in [0.15, 0.2) is 0 Å². The molecule has 0 saturated carbocycles. The third-order valence-corrected chi connectivity index (χ3v) is 2.38. The smallest absolute Gasteiger partial charge is 0.146 e. The quantitative estimate of drug-likeness (QED) is 0.735. The molecule has 0 radical (unpaired) electrons. The van der Waals surface area contributed by atoms with Gasteiger partial charge in [0.1, 0.15) is 17.3 Å². The van der Waals surface area contributed by atoms with E-state index in [0.29, 0.717) is 5.75 Å². The summed E-state index contributed by atoms with van der Waals surface area (Å²) in [6.45, 7) is 0. The van der Waals surface area contributed by atoms with Crippen LogP contribution in [0.15, 0.2) is 42.2 Å². The van der Waals surface area contributed by atoms with E-state index in [1.165, 1.54) is 18.2 Å². The lowest BCUT2D eigenvalue weighted by atomic mass is 10.2. The molecule has 1 aromatic rings. The lowest BCUT2D eigenvalue weighted by Gasteiger charge is -2.10. The predicted octanol–water partition coefficient (Wildman–Crippen LogP) is 4.09. The van der Waals surface area contributed by atoms with Crippen molar-refractivity contribution in [2.24, 2.45) is 0 Å². The lowest BCUT2D eigenvalue weighted by Crippen LogP contribution is -1.95. The van der Waals surface area contributed by atoms with E-state index in [2.05, 4.69) is 0 Å². The van der Waals surface area contributed by atoms with Crippen molar-refractivity contribution >= 4 is 11.6 Å². The summed E-state index contributed by atoms with van der Waals surface area (Å²) < 4.78 is 18.3. The summed E-state index contributed by atoms with van der Waals surface area (Å²) in [4.78, 5) is 0. The molecule has 1 nitrogen and oxygen atoms in total. The summed E-state index contributed by atoms with van der Waals surface area (Å²) in [5, 5.41) is 0.287. The van der Waals surface area contributed by atoms with Crippen molar-refractivity contribution in [3.63, 3.8) is 0 Å². The minimum atomic E-state index is -0.361. The Morgan fingerprint density at radius 1 is 1.27 bits per heavy atom. The third kappa shape index (κ3) is 2.60. The van der Waals surface area contributed by atoms with E-state index in [9.17, 15) is 4.39 Å². The second-order valence-electron chi connectivity index (χ2n) is 3.26. The largest absolute Gasteiger partial charge is 0.456 e. The van der Waals surface area contributed by atoms with Crippen LogP contribution < -0.4 is 4.74 Å². The first-order chi connectivity index (χ1) is 7.25. The molecule has 0 spiro atoms. The number of hydrogen-bond acceptors (Lipinski definition) is 1. The number of hydrogen-bond donors (Lipinski definition) is 0. The molecule has 0 aromatic heterocycles. The van der Waals surface area contributed by atoms with Crippen molar-refractivity contribution in [1.82, 2.24) is 0 Å². The zero-order chi connectivity index (χ0) is 10.7. The van der Waals surface area contributed by atoms with Crippen LogP contribution in [0.5, 0.6) is 5.75 Å². The molecule has 0 amide bonds. The first-order valence-corrected chi connectivity index (χ1v) is 5.13. The Kier molecular flexibility index (Phi) is 3.07. The molecule has 0 aliphatic heterocycles.